The molecular formula is C19H15NO8-2. The van der Waals surface area contributed by atoms with Gasteiger partial charge >= 0.3 is 5.63 Å². The van der Waals surface area contributed by atoms with Gasteiger partial charge in [-0.05, 0) is 31.0 Å². The van der Waals surface area contributed by atoms with Crippen LogP contribution in [0.3, 0.4) is 0 Å². The van der Waals surface area contributed by atoms with Crippen LogP contribution in [0, 0.1) is 13.8 Å². The maximum absolute atomic E-state index is 12.4. The van der Waals surface area contributed by atoms with Crippen molar-refractivity contribution in [3.63, 3.8) is 0 Å². The van der Waals surface area contributed by atoms with Gasteiger partial charge in [-0.2, -0.15) is 0 Å². The summed E-state index contributed by atoms with van der Waals surface area (Å²) in [5.74, 6) is -4.13. The minimum atomic E-state index is -1.63. The fraction of sp³-hybridized carbons (Fsp3) is 0.263. The van der Waals surface area contributed by atoms with Crippen LogP contribution in [0.1, 0.15) is 16.7 Å². The van der Waals surface area contributed by atoms with Gasteiger partial charge in [0.25, 0.3) is 0 Å². The van der Waals surface area contributed by atoms with E-state index in [4.69, 9.17) is 8.83 Å². The van der Waals surface area contributed by atoms with Crippen molar-refractivity contribution >= 4 is 39.8 Å². The molecule has 1 amide bonds. The van der Waals surface area contributed by atoms with E-state index >= 15 is 0 Å². The van der Waals surface area contributed by atoms with Gasteiger partial charge in [0, 0.05) is 16.8 Å². The number of amides is 1. The van der Waals surface area contributed by atoms with Crippen molar-refractivity contribution < 1.29 is 33.4 Å². The summed E-state index contributed by atoms with van der Waals surface area (Å²) in [6, 6.07) is 3.35. The standard InChI is InChI=1S/C19H17NO8/c1-9-8-27-14-5-15-12(3-11(9)14)10(2)13(19(26)28-15)4-16(21)20(6-17(22)23)7-18(24)25/h3,5,8H,4,6-7H2,1-2H3,(H,22,23)(H,24,25)/p-2. The van der Waals surface area contributed by atoms with Crippen molar-refractivity contribution in [2.75, 3.05) is 13.1 Å². The van der Waals surface area contributed by atoms with Gasteiger partial charge in [-0.15, -0.1) is 0 Å². The first-order chi connectivity index (χ1) is 13.2. The van der Waals surface area contributed by atoms with E-state index in [0.717, 1.165) is 10.9 Å². The number of hydrogen-bond acceptors (Lipinski definition) is 8. The first-order valence-electron chi connectivity index (χ1n) is 8.29. The quantitative estimate of drug-likeness (QED) is 0.493. The topological polar surface area (TPSA) is 144 Å². The lowest BCUT2D eigenvalue weighted by molar-refractivity contribution is -0.309. The molecule has 2 aromatic heterocycles. The lowest BCUT2D eigenvalue weighted by Crippen LogP contribution is -2.47. The number of aryl methyl sites for hydroxylation is 2. The van der Waals surface area contributed by atoms with Crippen LogP contribution in [0.5, 0.6) is 0 Å². The minimum Gasteiger partial charge on any atom is -0.548 e. The number of fused-ring (bicyclic) bond motifs is 2. The number of carbonyl (C=O) groups is 3. The number of hydrogen-bond donors (Lipinski definition) is 0. The summed E-state index contributed by atoms with van der Waals surface area (Å²) >= 11 is 0. The van der Waals surface area contributed by atoms with Crippen molar-refractivity contribution in [3.05, 3.63) is 45.5 Å². The molecule has 0 N–H and O–H groups in total. The van der Waals surface area contributed by atoms with Crippen LogP contribution in [0.15, 0.2) is 32.0 Å². The molecular weight excluding hydrogens is 370 g/mol. The van der Waals surface area contributed by atoms with E-state index < -0.39 is 43.0 Å². The van der Waals surface area contributed by atoms with E-state index in [1.54, 1.807) is 25.3 Å². The van der Waals surface area contributed by atoms with Gasteiger partial charge in [0.05, 0.1) is 43.3 Å². The molecule has 0 radical (unpaired) electrons. The number of furan rings is 1. The summed E-state index contributed by atoms with van der Waals surface area (Å²) in [7, 11) is 0. The Hall–Kier alpha value is -3.62. The number of carbonyl (C=O) groups excluding carboxylic acids is 3. The highest BCUT2D eigenvalue weighted by molar-refractivity contribution is 5.97. The highest BCUT2D eigenvalue weighted by atomic mass is 16.4. The molecule has 0 bridgehead atoms. The van der Waals surface area contributed by atoms with E-state index in [1.165, 1.54) is 0 Å². The number of rotatable bonds is 6. The molecule has 3 aromatic rings. The molecule has 1 aromatic carbocycles. The number of aliphatic carboxylic acids is 2. The smallest absolute Gasteiger partial charge is 0.340 e. The Morgan fingerprint density at radius 1 is 1.00 bits per heavy atom. The Balaban J connectivity index is 2.04. The van der Waals surface area contributed by atoms with E-state index in [0.29, 0.717) is 21.4 Å². The molecule has 3 rings (SSSR count). The second kappa shape index (κ2) is 7.18. The van der Waals surface area contributed by atoms with Crippen molar-refractivity contribution in [2.45, 2.75) is 20.3 Å². The molecule has 0 fully saturated rings. The summed E-state index contributed by atoms with van der Waals surface area (Å²) in [6.45, 7) is 1.62. The second-order valence-corrected chi connectivity index (χ2v) is 6.43. The summed E-state index contributed by atoms with van der Waals surface area (Å²) in [5, 5.41) is 23.0. The maximum atomic E-state index is 12.4. The third-order valence-corrected chi connectivity index (χ3v) is 4.50. The Labute approximate surface area is 157 Å². The van der Waals surface area contributed by atoms with Crippen LogP contribution in [0.2, 0.25) is 0 Å². The Bertz CT molecular complexity index is 1150. The third-order valence-electron chi connectivity index (χ3n) is 4.50. The first kappa shape index (κ1) is 19.2. The predicted octanol–water partition coefficient (Wildman–Crippen LogP) is -0.973. The van der Waals surface area contributed by atoms with Gasteiger partial charge < -0.3 is 33.5 Å². The van der Waals surface area contributed by atoms with Crippen molar-refractivity contribution in [1.29, 1.82) is 0 Å². The second-order valence-electron chi connectivity index (χ2n) is 6.43. The van der Waals surface area contributed by atoms with E-state index in [9.17, 15) is 29.4 Å². The van der Waals surface area contributed by atoms with Crippen LogP contribution < -0.4 is 15.8 Å². The van der Waals surface area contributed by atoms with Crippen molar-refractivity contribution in [3.8, 4) is 0 Å². The number of carboxylic acids is 2. The Morgan fingerprint density at radius 2 is 1.64 bits per heavy atom. The fourth-order valence-corrected chi connectivity index (χ4v) is 3.05. The molecule has 0 atom stereocenters. The molecule has 0 aliphatic rings. The van der Waals surface area contributed by atoms with E-state index in [-0.39, 0.29) is 11.1 Å². The van der Waals surface area contributed by atoms with Crippen LogP contribution in [-0.2, 0) is 20.8 Å². The Morgan fingerprint density at radius 3 is 2.25 bits per heavy atom. The molecule has 0 saturated heterocycles. The number of nitrogens with zero attached hydrogens (tertiary/aromatic N) is 1. The van der Waals surface area contributed by atoms with Gasteiger partial charge in [-0.3, -0.25) is 4.79 Å². The van der Waals surface area contributed by atoms with Gasteiger partial charge in [0.1, 0.15) is 11.2 Å². The molecule has 9 nitrogen and oxygen atoms in total. The molecule has 0 aliphatic heterocycles. The molecule has 0 saturated carbocycles. The molecule has 0 aliphatic carbocycles. The summed E-state index contributed by atoms with van der Waals surface area (Å²) < 4.78 is 10.7. The summed E-state index contributed by atoms with van der Waals surface area (Å²) in [4.78, 5) is 46.9. The largest absolute Gasteiger partial charge is 0.548 e. The predicted molar refractivity (Wildman–Crippen MR) is 92.0 cm³/mol. The average molecular weight is 385 g/mol. The molecule has 146 valence electrons. The van der Waals surface area contributed by atoms with Gasteiger partial charge in [-0.25, -0.2) is 4.79 Å². The third kappa shape index (κ3) is 3.59. The molecule has 0 unspecified atom stereocenters. The van der Waals surface area contributed by atoms with Gasteiger partial charge in [0.15, 0.2) is 0 Å². The number of carboxylic acid groups (broad SMARTS) is 2. The summed E-state index contributed by atoms with van der Waals surface area (Å²) in [6.07, 6.45) is 1.05. The Kier molecular flexibility index (Phi) is 4.91. The highest BCUT2D eigenvalue weighted by Crippen LogP contribution is 2.28. The lowest BCUT2D eigenvalue weighted by Gasteiger charge is -2.23. The zero-order valence-corrected chi connectivity index (χ0v) is 15.1. The minimum absolute atomic E-state index is 0.0136. The molecule has 2 heterocycles. The van der Waals surface area contributed by atoms with Crippen LogP contribution in [0.4, 0.5) is 0 Å². The zero-order valence-electron chi connectivity index (χ0n) is 15.1. The van der Waals surface area contributed by atoms with Crippen molar-refractivity contribution in [2.24, 2.45) is 0 Å². The lowest BCUT2D eigenvalue weighted by atomic mass is 10.0. The van der Waals surface area contributed by atoms with E-state index in [2.05, 4.69) is 0 Å². The SMILES string of the molecule is Cc1coc2cc3oc(=O)c(CC(=O)N(CC(=O)[O-])CC(=O)[O-])c(C)c3cc12. The van der Waals surface area contributed by atoms with Crippen LogP contribution >= 0.6 is 0 Å². The molecule has 28 heavy (non-hydrogen) atoms. The normalized spacial score (nSPS) is 11.1. The van der Waals surface area contributed by atoms with Gasteiger partial charge in [-0.1, -0.05) is 0 Å². The van der Waals surface area contributed by atoms with Crippen LogP contribution in [-0.4, -0.2) is 35.8 Å². The molecule has 9 heteroatoms. The zero-order chi connectivity index (χ0) is 20.6. The van der Waals surface area contributed by atoms with Gasteiger partial charge in [0.2, 0.25) is 5.91 Å². The first-order valence-corrected chi connectivity index (χ1v) is 8.29. The molecule has 0 spiro atoms. The number of benzene rings is 1. The van der Waals surface area contributed by atoms with Crippen molar-refractivity contribution in [1.82, 2.24) is 4.90 Å². The average Bonchev–Trinajstić information content (AvgIpc) is 2.96. The monoisotopic (exact) mass is 385 g/mol. The highest BCUT2D eigenvalue weighted by Gasteiger charge is 2.20. The summed E-state index contributed by atoms with van der Waals surface area (Å²) in [5.41, 5.74) is 1.42. The fourth-order valence-electron chi connectivity index (χ4n) is 3.05. The maximum Gasteiger partial charge on any atom is 0.340 e. The van der Waals surface area contributed by atoms with Crippen LogP contribution in [0.25, 0.3) is 21.9 Å². The van der Waals surface area contributed by atoms with E-state index in [1.807, 2.05) is 6.92 Å².